The summed E-state index contributed by atoms with van der Waals surface area (Å²) in [5.74, 6) is -1.96. The first-order valence-electron chi connectivity index (χ1n) is 13.6. The molecular weight excluding hydrogens is 544 g/mol. The molecule has 2 saturated heterocycles. The van der Waals surface area contributed by atoms with Gasteiger partial charge in [0.2, 0.25) is 35.4 Å². The summed E-state index contributed by atoms with van der Waals surface area (Å²) in [4.78, 5) is 74.8. The van der Waals surface area contributed by atoms with Crippen molar-refractivity contribution >= 4 is 35.4 Å². The molecule has 0 aromatic heterocycles. The molecular formula is C24H42N8O9. The first kappa shape index (κ1) is 33.8. The van der Waals surface area contributed by atoms with Crippen molar-refractivity contribution in [1.82, 2.24) is 41.7 Å². The smallest absolute Gasteiger partial charge is 0.246 e. The lowest BCUT2D eigenvalue weighted by molar-refractivity contribution is -0.132. The molecule has 2 fully saturated rings. The van der Waals surface area contributed by atoms with E-state index >= 15 is 0 Å². The number of hydrogen-bond donors (Lipinski definition) is 6. The molecule has 0 atom stereocenters. The molecule has 41 heavy (non-hydrogen) atoms. The zero-order valence-corrected chi connectivity index (χ0v) is 23.3. The first-order chi connectivity index (χ1) is 19.8. The fraction of sp³-hybridized carbons (Fsp3) is 0.750. The van der Waals surface area contributed by atoms with E-state index in [0.717, 1.165) is 0 Å². The van der Waals surface area contributed by atoms with Gasteiger partial charge in [0.05, 0.1) is 0 Å². The highest BCUT2D eigenvalue weighted by atomic mass is 16.5. The minimum Gasteiger partial charge on any atom is -0.362 e. The maximum Gasteiger partial charge on any atom is 0.246 e. The molecule has 0 spiro atoms. The number of amides is 6. The van der Waals surface area contributed by atoms with E-state index in [1.807, 2.05) is 9.80 Å². The molecule has 6 N–H and O–H groups in total. The first-order valence-corrected chi connectivity index (χ1v) is 13.6. The Bertz CT molecular complexity index is 764. The SMILES string of the molecule is O=C1COCC(=O)NCCN(CCNC(=O)COCC(=O)NCCN2CCNC(=O)COCC(=O)NCC2)CCN1. The van der Waals surface area contributed by atoms with Crippen molar-refractivity contribution in [3.8, 4) is 0 Å². The van der Waals surface area contributed by atoms with Gasteiger partial charge < -0.3 is 46.1 Å². The average molecular weight is 587 g/mol. The van der Waals surface area contributed by atoms with Crippen molar-refractivity contribution < 1.29 is 43.0 Å². The number of rotatable bonds is 10. The molecule has 0 bridgehead atoms. The van der Waals surface area contributed by atoms with Crippen LogP contribution in [0.4, 0.5) is 0 Å². The summed E-state index contributed by atoms with van der Waals surface area (Å²) in [6.07, 6.45) is 0. The zero-order valence-electron chi connectivity index (χ0n) is 23.3. The van der Waals surface area contributed by atoms with Crippen LogP contribution in [0.5, 0.6) is 0 Å². The molecule has 2 heterocycles. The van der Waals surface area contributed by atoms with Crippen molar-refractivity contribution in [2.24, 2.45) is 0 Å². The van der Waals surface area contributed by atoms with Crippen LogP contribution in [0.2, 0.25) is 0 Å². The van der Waals surface area contributed by atoms with Crippen LogP contribution in [0.25, 0.3) is 0 Å². The van der Waals surface area contributed by atoms with Gasteiger partial charge in [-0.05, 0) is 0 Å². The van der Waals surface area contributed by atoms with E-state index in [4.69, 9.17) is 14.2 Å². The Morgan fingerprint density at radius 2 is 0.927 bits per heavy atom. The number of carbonyl (C=O) groups excluding carboxylic acids is 6. The van der Waals surface area contributed by atoms with E-state index in [9.17, 15) is 28.8 Å². The van der Waals surface area contributed by atoms with Crippen molar-refractivity contribution in [3.63, 3.8) is 0 Å². The van der Waals surface area contributed by atoms with Gasteiger partial charge in [0.1, 0.15) is 39.6 Å². The summed E-state index contributed by atoms with van der Waals surface area (Å²) in [6.45, 7) is 4.08. The van der Waals surface area contributed by atoms with Gasteiger partial charge in [0, 0.05) is 78.5 Å². The van der Waals surface area contributed by atoms with E-state index in [2.05, 4.69) is 31.9 Å². The van der Waals surface area contributed by atoms with Gasteiger partial charge in [0.25, 0.3) is 0 Å². The number of hydrogen-bond acceptors (Lipinski definition) is 11. The average Bonchev–Trinajstić information content (AvgIpc) is 2.91. The van der Waals surface area contributed by atoms with Gasteiger partial charge in [-0.3, -0.25) is 38.6 Å². The minimum absolute atomic E-state index is 0.182. The largest absolute Gasteiger partial charge is 0.362 e. The molecule has 0 saturated carbocycles. The standard InChI is InChI=1S/C24H42N8O9/c33-19-13-39-14-20(34)26-2-8-31(7-1-25-19)11-5-29-23(37)17-41-18-24(38)30-6-12-32-9-3-27-21(35)15-40-16-22(36)28-4-10-32/h1-18H2,(H,25,33)(H,26,34)(H,27,35)(H,28,36)(H,29,37)(H,30,38). The normalized spacial score (nSPS) is 19.5. The topological polar surface area (TPSA) is 209 Å². The highest BCUT2D eigenvalue weighted by molar-refractivity contribution is 5.80. The van der Waals surface area contributed by atoms with Crippen LogP contribution in [0.1, 0.15) is 0 Å². The number of nitrogens with one attached hydrogen (secondary N) is 6. The van der Waals surface area contributed by atoms with Gasteiger partial charge >= 0.3 is 0 Å². The number of carbonyl (C=O) groups is 6. The summed E-state index contributed by atoms with van der Waals surface area (Å²) in [5, 5.41) is 16.3. The van der Waals surface area contributed by atoms with Gasteiger partial charge in [-0.1, -0.05) is 0 Å². The monoisotopic (exact) mass is 586 g/mol. The van der Waals surface area contributed by atoms with Crippen molar-refractivity contribution in [1.29, 1.82) is 0 Å². The minimum atomic E-state index is -0.375. The van der Waals surface area contributed by atoms with Gasteiger partial charge in [-0.25, -0.2) is 0 Å². The number of ether oxygens (including phenoxy) is 3. The molecule has 0 unspecified atom stereocenters. The van der Waals surface area contributed by atoms with Crippen LogP contribution in [-0.4, -0.2) is 163 Å². The molecule has 17 nitrogen and oxygen atoms in total. The van der Waals surface area contributed by atoms with Crippen LogP contribution in [-0.2, 0) is 43.0 Å². The highest BCUT2D eigenvalue weighted by Gasteiger charge is 2.13. The Hall–Kier alpha value is -3.38. The summed E-state index contributed by atoms with van der Waals surface area (Å²) < 4.78 is 15.2. The molecule has 0 aliphatic carbocycles. The van der Waals surface area contributed by atoms with E-state index in [-0.39, 0.29) is 75.1 Å². The summed E-state index contributed by atoms with van der Waals surface area (Å²) in [7, 11) is 0. The Kier molecular flexibility index (Phi) is 16.9. The van der Waals surface area contributed by atoms with Crippen LogP contribution >= 0.6 is 0 Å². The van der Waals surface area contributed by atoms with E-state index in [1.165, 1.54) is 0 Å². The second-order valence-corrected chi connectivity index (χ2v) is 9.26. The molecule has 0 aromatic rings. The van der Waals surface area contributed by atoms with Gasteiger partial charge in [-0.15, -0.1) is 0 Å². The maximum atomic E-state index is 12.1. The lowest BCUT2D eigenvalue weighted by Gasteiger charge is -2.23. The van der Waals surface area contributed by atoms with Crippen molar-refractivity contribution in [2.75, 3.05) is 118 Å². The van der Waals surface area contributed by atoms with Crippen molar-refractivity contribution in [3.05, 3.63) is 0 Å². The maximum absolute atomic E-state index is 12.1. The molecule has 2 aliphatic rings. The van der Waals surface area contributed by atoms with Crippen molar-refractivity contribution in [2.45, 2.75) is 0 Å². The Morgan fingerprint density at radius 3 is 1.24 bits per heavy atom. The third kappa shape index (κ3) is 17.1. The molecule has 6 amide bonds. The third-order valence-corrected chi connectivity index (χ3v) is 5.90. The summed E-state index contributed by atoms with van der Waals surface area (Å²) >= 11 is 0. The Morgan fingerprint density at radius 1 is 0.610 bits per heavy atom. The highest BCUT2D eigenvalue weighted by Crippen LogP contribution is 1.90. The quantitative estimate of drug-likeness (QED) is 0.142. The van der Waals surface area contributed by atoms with Crippen LogP contribution in [0.15, 0.2) is 0 Å². The van der Waals surface area contributed by atoms with Gasteiger partial charge in [-0.2, -0.15) is 0 Å². The second kappa shape index (κ2) is 20.5. The lowest BCUT2D eigenvalue weighted by atomic mass is 10.4. The fourth-order valence-electron chi connectivity index (χ4n) is 3.81. The third-order valence-electron chi connectivity index (χ3n) is 5.90. The van der Waals surface area contributed by atoms with Gasteiger partial charge in [0.15, 0.2) is 0 Å². The molecule has 2 aliphatic heterocycles. The molecule has 0 radical (unpaired) electrons. The Labute approximate surface area is 238 Å². The van der Waals surface area contributed by atoms with Crippen LogP contribution in [0, 0.1) is 0 Å². The molecule has 2 rings (SSSR count). The van der Waals surface area contributed by atoms with E-state index in [1.54, 1.807) is 0 Å². The van der Waals surface area contributed by atoms with E-state index < -0.39 is 0 Å². The predicted molar refractivity (Wildman–Crippen MR) is 143 cm³/mol. The zero-order chi connectivity index (χ0) is 29.7. The molecule has 232 valence electrons. The van der Waals surface area contributed by atoms with Crippen LogP contribution in [0.3, 0.4) is 0 Å². The summed E-state index contributed by atoms with van der Waals surface area (Å²) in [6, 6.07) is 0. The fourth-order valence-corrected chi connectivity index (χ4v) is 3.81. The van der Waals surface area contributed by atoms with Crippen LogP contribution < -0.4 is 31.9 Å². The summed E-state index contributed by atoms with van der Waals surface area (Å²) in [5.41, 5.74) is 0. The second-order valence-electron chi connectivity index (χ2n) is 9.26. The molecule has 0 aromatic carbocycles. The molecule has 17 heteroatoms. The van der Waals surface area contributed by atoms with E-state index in [0.29, 0.717) is 78.5 Å². The predicted octanol–water partition coefficient (Wildman–Crippen LogP) is -5.64. The number of nitrogens with zero attached hydrogens (tertiary/aromatic N) is 2. The lowest BCUT2D eigenvalue weighted by Crippen LogP contribution is -2.45. The Balaban J connectivity index is 1.58.